The minimum atomic E-state index is -0.808. The third-order valence-electron chi connectivity index (χ3n) is 4.20. The molecule has 21 heavy (non-hydrogen) atoms. The van der Waals surface area contributed by atoms with E-state index in [0.717, 1.165) is 11.4 Å². The van der Waals surface area contributed by atoms with E-state index in [0.29, 0.717) is 0 Å². The number of carboxylic acid groups (broad SMARTS) is 1. The number of rotatable bonds is 3. The highest BCUT2D eigenvalue weighted by molar-refractivity contribution is 5.97. The van der Waals surface area contributed by atoms with Gasteiger partial charge in [-0.2, -0.15) is 0 Å². The molecule has 0 bridgehead atoms. The van der Waals surface area contributed by atoms with Crippen LogP contribution in [0.2, 0.25) is 0 Å². The Kier molecular flexibility index (Phi) is 3.16. The highest BCUT2D eigenvalue weighted by atomic mass is 16.4. The van der Waals surface area contributed by atoms with Crippen LogP contribution in [0.1, 0.15) is 24.5 Å². The van der Waals surface area contributed by atoms with Gasteiger partial charge in [0.1, 0.15) is 11.4 Å². The van der Waals surface area contributed by atoms with Crippen molar-refractivity contribution in [2.24, 2.45) is 4.99 Å². The second-order valence-electron chi connectivity index (χ2n) is 5.71. The summed E-state index contributed by atoms with van der Waals surface area (Å²) in [6.07, 6.45) is 7.72. The Morgan fingerprint density at radius 2 is 2.05 bits per heavy atom. The smallest absolute Gasteiger partial charge is 0.305 e. The largest absolute Gasteiger partial charge is 0.481 e. The minimum absolute atomic E-state index is 0.0511. The Hall–Kier alpha value is -2.36. The molecule has 2 atom stereocenters. The molecule has 2 heterocycles. The number of hydrogen-bond acceptors (Lipinski definition) is 3. The van der Waals surface area contributed by atoms with E-state index in [9.17, 15) is 9.90 Å². The third kappa shape index (κ3) is 2.27. The van der Waals surface area contributed by atoms with Crippen molar-refractivity contribution in [3.63, 3.8) is 0 Å². The van der Waals surface area contributed by atoms with E-state index in [-0.39, 0.29) is 12.5 Å². The minimum Gasteiger partial charge on any atom is -0.481 e. The molecule has 1 aromatic rings. The van der Waals surface area contributed by atoms with Gasteiger partial charge < -0.3 is 10.0 Å². The van der Waals surface area contributed by atoms with E-state index in [1.807, 2.05) is 67.4 Å². The first-order valence-electron chi connectivity index (χ1n) is 7.03. The van der Waals surface area contributed by atoms with Crippen molar-refractivity contribution in [3.8, 4) is 0 Å². The van der Waals surface area contributed by atoms with Crippen molar-refractivity contribution in [2.45, 2.75) is 31.8 Å². The summed E-state index contributed by atoms with van der Waals surface area (Å²) in [5.74, 6) is 0.0181. The molecule has 0 amide bonds. The lowest BCUT2D eigenvalue weighted by atomic mass is 9.83. The normalized spacial score (nSPS) is 26.7. The van der Waals surface area contributed by atoms with Gasteiger partial charge >= 0.3 is 5.97 Å². The number of aliphatic carboxylic acids is 1. The Labute approximate surface area is 124 Å². The van der Waals surface area contributed by atoms with Crippen LogP contribution in [0, 0.1) is 6.92 Å². The summed E-state index contributed by atoms with van der Waals surface area (Å²) in [5.41, 5.74) is 1.67. The molecule has 0 saturated carbocycles. The molecule has 108 valence electrons. The molecule has 0 fully saturated rings. The van der Waals surface area contributed by atoms with Gasteiger partial charge in [-0.05, 0) is 31.6 Å². The molecule has 2 unspecified atom stereocenters. The Morgan fingerprint density at radius 1 is 1.33 bits per heavy atom. The number of aliphatic imine (C=N–C) groups is 1. The number of benzene rings is 1. The summed E-state index contributed by atoms with van der Waals surface area (Å²) in [4.78, 5) is 18.1. The van der Waals surface area contributed by atoms with Crippen LogP contribution < -0.4 is 0 Å². The van der Waals surface area contributed by atoms with Gasteiger partial charge in [-0.3, -0.25) is 9.79 Å². The van der Waals surface area contributed by atoms with Crippen LogP contribution in [0.25, 0.3) is 0 Å². The average Bonchev–Trinajstić information content (AvgIpc) is 2.73. The van der Waals surface area contributed by atoms with Gasteiger partial charge in [0, 0.05) is 6.20 Å². The van der Waals surface area contributed by atoms with Gasteiger partial charge in [-0.15, -0.1) is 0 Å². The third-order valence-corrected chi connectivity index (χ3v) is 4.20. The molecule has 1 aromatic carbocycles. The topological polar surface area (TPSA) is 52.9 Å². The van der Waals surface area contributed by atoms with E-state index >= 15 is 0 Å². The SMILES string of the molecule is Cc1ccc(C2(C)N=C3C=CC=CN3C2CC(=O)O)cc1. The summed E-state index contributed by atoms with van der Waals surface area (Å²) < 4.78 is 0. The Morgan fingerprint density at radius 3 is 2.71 bits per heavy atom. The van der Waals surface area contributed by atoms with Gasteiger partial charge in [0.05, 0.1) is 12.5 Å². The van der Waals surface area contributed by atoms with Crippen LogP contribution in [0.5, 0.6) is 0 Å². The number of hydrogen-bond donors (Lipinski definition) is 1. The van der Waals surface area contributed by atoms with Crippen LogP contribution in [-0.4, -0.2) is 27.9 Å². The Balaban J connectivity index is 2.06. The van der Waals surface area contributed by atoms with Crippen LogP contribution >= 0.6 is 0 Å². The highest BCUT2D eigenvalue weighted by Crippen LogP contribution is 2.40. The summed E-state index contributed by atoms with van der Waals surface area (Å²) >= 11 is 0. The molecule has 0 saturated heterocycles. The number of amidine groups is 1. The summed E-state index contributed by atoms with van der Waals surface area (Å²) in [6, 6.07) is 7.96. The quantitative estimate of drug-likeness (QED) is 0.927. The van der Waals surface area contributed by atoms with Crippen LogP contribution in [0.4, 0.5) is 0 Å². The monoisotopic (exact) mass is 282 g/mol. The van der Waals surface area contributed by atoms with E-state index in [4.69, 9.17) is 4.99 Å². The van der Waals surface area contributed by atoms with Crippen LogP contribution in [0.15, 0.2) is 53.7 Å². The average molecular weight is 282 g/mol. The molecule has 0 aromatic heterocycles. The van der Waals surface area contributed by atoms with Crippen molar-refractivity contribution < 1.29 is 9.90 Å². The molecule has 4 heteroatoms. The maximum absolute atomic E-state index is 11.3. The van der Waals surface area contributed by atoms with E-state index in [2.05, 4.69) is 0 Å². The predicted octanol–water partition coefficient (Wildman–Crippen LogP) is 2.85. The van der Waals surface area contributed by atoms with Gasteiger partial charge in [-0.25, -0.2) is 0 Å². The number of allylic oxidation sites excluding steroid dienone is 2. The fraction of sp³-hybridized carbons (Fsp3) is 0.294. The second kappa shape index (κ2) is 4.88. The lowest BCUT2D eigenvalue weighted by molar-refractivity contribution is -0.138. The van der Waals surface area contributed by atoms with Crippen molar-refractivity contribution >= 4 is 11.8 Å². The molecule has 0 radical (unpaired) electrons. The zero-order valence-electron chi connectivity index (χ0n) is 12.2. The van der Waals surface area contributed by atoms with E-state index in [1.54, 1.807) is 0 Å². The van der Waals surface area contributed by atoms with Crippen molar-refractivity contribution in [1.29, 1.82) is 0 Å². The number of carboxylic acids is 1. The number of fused-ring (bicyclic) bond motifs is 1. The van der Waals surface area contributed by atoms with Crippen molar-refractivity contribution in [1.82, 2.24) is 4.90 Å². The molecule has 1 N–H and O–H groups in total. The zero-order valence-corrected chi connectivity index (χ0v) is 12.2. The van der Waals surface area contributed by atoms with Crippen molar-refractivity contribution in [2.75, 3.05) is 0 Å². The summed E-state index contributed by atoms with van der Waals surface area (Å²) in [5, 5.41) is 9.27. The van der Waals surface area contributed by atoms with Crippen LogP contribution in [0.3, 0.4) is 0 Å². The van der Waals surface area contributed by atoms with Gasteiger partial charge in [0.15, 0.2) is 0 Å². The standard InChI is InChI=1S/C17H18N2O2/c1-12-6-8-13(9-7-12)17(2)14(11-16(20)21)19-10-4-3-5-15(19)18-17/h3-10,14H,11H2,1-2H3,(H,20,21). The van der Waals surface area contributed by atoms with Gasteiger partial charge in [0.25, 0.3) is 0 Å². The number of carbonyl (C=O) groups is 1. The molecule has 0 aliphatic carbocycles. The van der Waals surface area contributed by atoms with E-state index < -0.39 is 11.5 Å². The molecule has 4 nitrogen and oxygen atoms in total. The summed E-state index contributed by atoms with van der Waals surface area (Å²) in [7, 11) is 0. The highest BCUT2D eigenvalue weighted by Gasteiger charge is 2.46. The molecular weight excluding hydrogens is 264 g/mol. The second-order valence-corrected chi connectivity index (χ2v) is 5.71. The summed E-state index contributed by atoms with van der Waals surface area (Å²) in [6.45, 7) is 4.05. The maximum Gasteiger partial charge on any atom is 0.305 e. The molecule has 3 rings (SSSR count). The molecular formula is C17H18N2O2. The van der Waals surface area contributed by atoms with Gasteiger partial charge in [0.2, 0.25) is 0 Å². The van der Waals surface area contributed by atoms with Crippen LogP contribution in [-0.2, 0) is 10.3 Å². The number of nitrogens with zero attached hydrogens (tertiary/aromatic N) is 2. The fourth-order valence-corrected chi connectivity index (χ4v) is 3.00. The predicted molar refractivity (Wildman–Crippen MR) is 82.1 cm³/mol. The first-order chi connectivity index (χ1) is 10.0. The van der Waals surface area contributed by atoms with Gasteiger partial charge in [-0.1, -0.05) is 35.9 Å². The first-order valence-corrected chi connectivity index (χ1v) is 7.03. The number of aryl methyl sites for hydroxylation is 1. The molecule has 0 spiro atoms. The lowest BCUT2D eigenvalue weighted by Gasteiger charge is -2.33. The van der Waals surface area contributed by atoms with E-state index in [1.165, 1.54) is 5.56 Å². The molecule has 2 aliphatic rings. The fourth-order valence-electron chi connectivity index (χ4n) is 3.00. The maximum atomic E-state index is 11.3. The lowest BCUT2D eigenvalue weighted by Crippen LogP contribution is -2.42. The first kappa shape index (κ1) is 13.6. The zero-order chi connectivity index (χ0) is 15.0. The van der Waals surface area contributed by atoms with Crippen molar-refractivity contribution in [3.05, 3.63) is 59.8 Å². The Bertz CT molecular complexity index is 658. The molecule has 2 aliphatic heterocycles.